The van der Waals surface area contributed by atoms with Gasteiger partial charge in [0.25, 0.3) is 0 Å². The Hall–Kier alpha value is -2.14. The molecule has 5 heteroatoms. The van der Waals surface area contributed by atoms with Crippen molar-refractivity contribution < 1.29 is 9.53 Å². The number of hydrogen-bond acceptors (Lipinski definition) is 4. The smallest absolute Gasteiger partial charge is 0.180 e. The topological polar surface area (TPSA) is 56.1 Å². The van der Waals surface area contributed by atoms with Crippen LogP contribution < -0.4 is 10.1 Å². The summed E-state index contributed by atoms with van der Waals surface area (Å²) in [5.74, 6) is 0.715. The molecule has 0 fully saturated rings. The van der Waals surface area contributed by atoms with Gasteiger partial charge in [-0.15, -0.1) is 0 Å². The highest BCUT2D eigenvalue weighted by atomic mass is 16.5. The number of carbonyl (C=O) groups is 1. The van der Waals surface area contributed by atoms with Crippen molar-refractivity contribution in [3.63, 3.8) is 0 Å². The average molecular weight is 287 g/mol. The maximum Gasteiger partial charge on any atom is 0.180 e. The van der Waals surface area contributed by atoms with Gasteiger partial charge in [-0.05, 0) is 32.0 Å². The zero-order valence-corrected chi connectivity index (χ0v) is 12.3. The summed E-state index contributed by atoms with van der Waals surface area (Å²) < 4.78 is 7.50. The van der Waals surface area contributed by atoms with Crippen LogP contribution in [0, 0.1) is 0 Å². The van der Waals surface area contributed by atoms with E-state index in [-0.39, 0.29) is 5.78 Å². The Bertz CT molecular complexity index is 552. The maximum absolute atomic E-state index is 12.2. The molecule has 21 heavy (non-hydrogen) atoms. The van der Waals surface area contributed by atoms with Crippen molar-refractivity contribution in [3.05, 3.63) is 48.5 Å². The molecule has 0 unspecified atom stereocenters. The molecule has 0 atom stereocenters. The highest BCUT2D eigenvalue weighted by Crippen LogP contribution is 2.18. The Morgan fingerprint density at radius 2 is 2.24 bits per heavy atom. The third-order valence-electron chi connectivity index (χ3n) is 3.10. The van der Waals surface area contributed by atoms with Crippen LogP contribution >= 0.6 is 0 Å². The predicted molar refractivity (Wildman–Crippen MR) is 81.7 cm³/mol. The minimum Gasteiger partial charge on any atom is -0.493 e. The van der Waals surface area contributed by atoms with Crippen molar-refractivity contribution >= 4 is 5.78 Å². The summed E-state index contributed by atoms with van der Waals surface area (Å²) in [5.41, 5.74) is 0.640. The third kappa shape index (κ3) is 4.72. The van der Waals surface area contributed by atoms with E-state index in [1.54, 1.807) is 18.6 Å². The van der Waals surface area contributed by atoms with E-state index >= 15 is 0 Å². The highest BCUT2D eigenvalue weighted by molar-refractivity contribution is 6.00. The second-order valence-corrected chi connectivity index (χ2v) is 4.68. The number of imidazole rings is 1. The average Bonchev–Trinajstić information content (AvgIpc) is 3.01. The molecular formula is C16H21N3O2. The number of benzene rings is 1. The SMILES string of the molecule is CCOc1ccccc1C(=O)CNCCCn1ccnc1. The monoisotopic (exact) mass is 287 g/mol. The van der Waals surface area contributed by atoms with Gasteiger partial charge in [0.15, 0.2) is 5.78 Å². The number of ketones is 1. The van der Waals surface area contributed by atoms with Crippen molar-refractivity contribution in [3.8, 4) is 5.75 Å². The van der Waals surface area contributed by atoms with E-state index in [0.29, 0.717) is 24.5 Å². The number of carbonyl (C=O) groups excluding carboxylic acids is 1. The molecule has 2 aromatic rings. The van der Waals surface area contributed by atoms with Gasteiger partial charge in [-0.2, -0.15) is 0 Å². The van der Waals surface area contributed by atoms with Crippen LogP contribution in [0.25, 0.3) is 0 Å². The lowest BCUT2D eigenvalue weighted by atomic mass is 10.1. The summed E-state index contributed by atoms with van der Waals surface area (Å²) >= 11 is 0. The van der Waals surface area contributed by atoms with E-state index in [2.05, 4.69) is 10.3 Å². The van der Waals surface area contributed by atoms with Gasteiger partial charge in [-0.25, -0.2) is 4.98 Å². The fraction of sp³-hybridized carbons (Fsp3) is 0.375. The van der Waals surface area contributed by atoms with Crippen LogP contribution in [0.15, 0.2) is 43.0 Å². The van der Waals surface area contributed by atoms with E-state index < -0.39 is 0 Å². The van der Waals surface area contributed by atoms with Crippen molar-refractivity contribution in [1.82, 2.24) is 14.9 Å². The summed E-state index contributed by atoms with van der Waals surface area (Å²) in [6, 6.07) is 7.37. The molecule has 2 rings (SSSR count). The van der Waals surface area contributed by atoms with Gasteiger partial charge in [0, 0.05) is 18.9 Å². The maximum atomic E-state index is 12.2. The Morgan fingerprint density at radius 3 is 3.00 bits per heavy atom. The zero-order chi connectivity index (χ0) is 14.9. The summed E-state index contributed by atoms with van der Waals surface area (Å²) in [4.78, 5) is 16.2. The van der Waals surface area contributed by atoms with Crippen LogP contribution in [-0.4, -0.2) is 35.0 Å². The molecule has 1 aromatic carbocycles. The molecule has 0 bridgehead atoms. The van der Waals surface area contributed by atoms with E-state index in [0.717, 1.165) is 19.5 Å². The predicted octanol–water partition coefficient (Wildman–Crippen LogP) is 2.14. The van der Waals surface area contributed by atoms with Gasteiger partial charge in [0.2, 0.25) is 0 Å². The van der Waals surface area contributed by atoms with Crippen LogP contribution in [0.3, 0.4) is 0 Å². The summed E-state index contributed by atoms with van der Waals surface area (Å²) in [6.07, 6.45) is 6.45. The molecule has 1 aromatic heterocycles. The van der Waals surface area contributed by atoms with Crippen LogP contribution in [0.5, 0.6) is 5.75 Å². The van der Waals surface area contributed by atoms with E-state index in [9.17, 15) is 4.79 Å². The molecule has 0 spiro atoms. The standard InChI is InChI=1S/C16H21N3O2/c1-2-21-16-7-4-3-6-14(16)15(20)12-17-8-5-10-19-11-9-18-13-19/h3-4,6-7,9,11,13,17H,2,5,8,10,12H2,1H3. The summed E-state index contributed by atoms with van der Waals surface area (Å²) in [5, 5.41) is 3.18. The van der Waals surface area contributed by atoms with Gasteiger partial charge in [0.05, 0.1) is 25.0 Å². The minimum atomic E-state index is 0.0571. The molecular weight excluding hydrogens is 266 g/mol. The summed E-state index contributed by atoms with van der Waals surface area (Å²) in [6.45, 7) is 4.49. The number of ether oxygens (including phenoxy) is 1. The largest absolute Gasteiger partial charge is 0.493 e. The molecule has 0 radical (unpaired) electrons. The number of Topliss-reactive ketones (excluding diaryl/α,β-unsaturated/α-hetero) is 1. The first-order valence-corrected chi connectivity index (χ1v) is 7.22. The number of rotatable bonds is 9. The van der Waals surface area contributed by atoms with Crippen LogP contribution in [0.1, 0.15) is 23.7 Å². The van der Waals surface area contributed by atoms with Gasteiger partial charge in [-0.1, -0.05) is 12.1 Å². The molecule has 0 aliphatic heterocycles. The van der Waals surface area contributed by atoms with Gasteiger partial charge >= 0.3 is 0 Å². The van der Waals surface area contributed by atoms with E-state index in [1.807, 2.05) is 35.9 Å². The van der Waals surface area contributed by atoms with Crippen molar-refractivity contribution in [2.24, 2.45) is 0 Å². The van der Waals surface area contributed by atoms with E-state index in [1.165, 1.54) is 0 Å². The molecule has 0 aliphatic carbocycles. The molecule has 112 valence electrons. The number of nitrogens with one attached hydrogen (secondary N) is 1. The van der Waals surface area contributed by atoms with Crippen LogP contribution in [-0.2, 0) is 6.54 Å². The van der Waals surface area contributed by atoms with Crippen molar-refractivity contribution in [2.75, 3.05) is 19.7 Å². The first-order chi connectivity index (χ1) is 10.3. The normalized spacial score (nSPS) is 10.5. The molecule has 0 amide bonds. The number of hydrogen-bond donors (Lipinski definition) is 1. The van der Waals surface area contributed by atoms with Crippen LogP contribution in [0.2, 0.25) is 0 Å². The molecule has 0 aliphatic rings. The zero-order valence-electron chi connectivity index (χ0n) is 12.3. The Balaban J connectivity index is 1.74. The molecule has 0 saturated heterocycles. The van der Waals surface area contributed by atoms with Crippen LogP contribution in [0.4, 0.5) is 0 Å². The Morgan fingerprint density at radius 1 is 1.38 bits per heavy atom. The minimum absolute atomic E-state index is 0.0571. The quantitative estimate of drug-likeness (QED) is 0.567. The summed E-state index contributed by atoms with van der Waals surface area (Å²) in [7, 11) is 0. The van der Waals surface area contributed by atoms with Crippen molar-refractivity contribution in [1.29, 1.82) is 0 Å². The third-order valence-corrected chi connectivity index (χ3v) is 3.10. The Labute approximate surface area is 125 Å². The van der Waals surface area contributed by atoms with E-state index in [4.69, 9.17) is 4.74 Å². The second-order valence-electron chi connectivity index (χ2n) is 4.68. The molecule has 1 heterocycles. The lowest BCUT2D eigenvalue weighted by Gasteiger charge is -2.09. The first-order valence-electron chi connectivity index (χ1n) is 7.22. The second kappa shape index (κ2) is 8.21. The number of aromatic nitrogens is 2. The highest BCUT2D eigenvalue weighted by Gasteiger charge is 2.10. The Kier molecular flexibility index (Phi) is 5.97. The van der Waals surface area contributed by atoms with Gasteiger partial charge < -0.3 is 14.6 Å². The number of aryl methyl sites for hydroxylation is 1. The lowest BCUT2D eigenvalue weighted by molar-refractivity contribution is 0.0987. The first kappa shape index (κ1) is 15.3. The van der Waals surface area contributed by atoms with Gasteiger partial charge in [0.1, 0.15) is 5.75 Å². The lowest BCUT2D eigenvalue weighted by Crippen LogP contribution is -2.25. The fourth-order valence-corrected chi connectivity index (χ4v) is 2.08. The van der Waals surface area contributed by atoms with Gasteiger partial charge in [-0.3, -0.25) is 4.79 Å². The molecule has 1 N–H and O–H groups in total. The molecule has 0 saturated carbocycles. The number of para-hydroxylation sites is 1. The van der Waals surface area contributed by atoms with Crippen molar-refractivity contribution in [2.45, 2.75) is 19.9 Å². The molecule has 5 nitrogen and oxygen atoms in total. The number of nitrogens with zero attached hydrogens (tertiary/aromatic N) is 2. The fourth-order valence-electron chi connectivity index (χ4n) is 2.08.